The summed E-state index contributed by atoms with van der Waals surface area (Å²) >= 11 is 16.1. The van der Waals surface area contributed by atoms with Crippen LogP contribution in [-0.4, -0.2) is 34.4 Å². The summed E-state index contributed by atoms with van der Waals surface area (Å²) in [5, 5.41) is -0.141. The zero-order chi connectivity index (χ0) is 32.9. The summed E-state index contributed by atoms with van der Waals surface area (Å²) in [6.07, 6.45) is 16.3. The smallest absolute Gasteiger partial charge is 0.118 e. The van der Waals surface area contributed by atoms with Crippen molar-refractivity contribution in [2.45, 2.75) is 134 Å². The van der Waals surface area contributed by atoms with Gasteiger partial charge in [0.2, 0.25) is 0 Å². The molecule has 0 aromatic heterocycles. The molecule has 0 amide bonds. The van der Waals surface area contributed by atoms with Crippen LogP contribution in [0.25, 0.3) is 0 Å². The number of hydrogen-bond acceptors (Lipinski definition) is 2. The van der Waals surface area contributed by atoms with E-state index < -0.39 is 12.5 Å². The molecule has 4 aliphatic rings. The van der Waals surface area contributed by atoms with E-state index in [1.165, 1.54) is 119 Å². The molecular formula is C41H55Cl2N2PRu. The number of alkyl halides is 2. The van der Waals surface area contributed by atoms with Gasteiger partial charge in [-0.25, -0.2) is 0 Å². The molecule has 1 heterocycles. The Bertz CT molecular complexity index is 1450. The maximum Gasteiger partial charge on any atom is 0.118 e. The van der Waals surface area contributed by atoms with Gasteiger partial charge in [-0.05, 0) is 127 Å². The molecule has 6 heteroatoms. The van der Waals surface area contributed by atoms with Gasteiger partial charge in [0.25, 0.3) is 0 Å². The van der Waals surface area contributed by atoms with Crippen LogP contribution in [-0.2, 0) is 19.5 Å². The minimum atomic E-state index is -0.442. The molecule has 6 rings (SSSR count). The van der Waals surface area contributed by atoms with E-state index in [-0.39, 0.29) is 24.9 Å². The van der Waals surface area contributed by atoms with E-state index >= 15 is 0 Å². The van der Waals surface area contributed by atoms with Crippen LogP contribution >= 0.6 is 31.1 Å². The fraction of sp³-hybridized carbons (Fsp3) is 0.561. The molecule has 2 unspecified atom stereocenters. The minimum Gasteiger partial charge on any atom is -0.325 e. The van der Waals surface area contributed by atoms with Gasteiger partial charge in [-0.2, -0.15) is 0 Å². The van der Waals surface area contributed by atoms with Gasteiger partial charge in [-0.3, -0.25) is 0 Å². The molecular weight excluding hydrogens is 723 g/mol. The van der Waals surface area contributed by atoms with E-state index in [9.17, 15) is 0 Å². The third-order valence-electron chi connectivity index (χ3n) is 11.0. The van der Waals surface area contributed by atoms with Crippen LogP contribution in [0.5, 0.6) is 0 Å². The standard InChI is InChI=1S/C41H55Cl2N2P.Ru/c1-26(2)17-18-35-37(36(42)25-41(35,43)46(33-13-9-10-14-33)34-15-11-12-16-34)40-44(38-29(5)21-27(3)22-30(38)6)19-20-45(40)39-31(7)23-28(4)24-32(39)8;/h17-18,21-24,33-34,36H,9-16,19-20,25H2,1-8H3;. The van der Waals surface area contributed by atoms with Crippen LogP contribution in [0.2, 0.25) is 0 Å². The second-order valence-corrected chi connectivity index (χ2v) is 19.5. The second-order valence-electron chi connectivity index (χ2n) is 15.1. The maximum absolute atomic E-state index is 8.34. The monoisotopic (exact) mass is 778 g/mol. The van der Waals surface area contributed by atoms with E-state index in [2.05, 4.69) is 102 Å². The Morgan fingerprint density at radius 2 is 1.15 bits per heavy atom. The molecule has 2 aromatic carbocycles. The molecule has 47 heavy (non-hydrogen) atoms. The van der Waals surface area contributed by atoms with Gasteiger partial charge in [0.1, 0.15) is 5.82 Å². The average molecular weight is 779 g/mol. The van der Waals surface area contributed by atoms with Crippen molar-refractivity contribution in [1.82, 2.24) is 0 Å². The number of rotatable bonds is 6. The summed E-state index contributed by atoms with van der Waals surface area (Å²) < 4.78 is -0.408. The fourth-order valence-electron chi connectivity index (χ4n) is 9.52. The van der Waals surface area contributed by atoms with Gasteiger partial charge in [0.15, 0.2) is 0 Å². The first-order valence-electron chi connectivity index (χ1n) is 17.8. The normalized spacial score (nSPS) is 24.7. The zero-order valence-corrected chi connectivity index (χ0v) is 34.1. The Morgan fingerprint density at radius 3 is 1.53 bits per heavy atom. The topological polar surface area (TPSA) is 6.48 Å². The molecule has 0 spiro atoms. The van der Waals surface area contributed by atoms with E-state index in [1.54, 1.807) is 0 Å². The van der Waals surface area contributed by atoms with E-state index in [0.29, 0.717) is 0 Å². The predicted molar refractivity (Wildman–Crippen MR) is 205 cm³/mol. The number of anilines is 2. The summed E-state index contributed by atoms with van der Waals surface area (Å²) in [6, 6.07) is 9.36. The first-order valence-corrected chi connectivity index (χ1v) is 20.1. The first-order chi connectivity index (χ1) is 21.9. The summed E-state index contributed by atoms with van der Waals surface area (Å²) in [4.78, 5) is 5.22. The van der Waals surface area contributed by atoms with Crippen LogP contribution < -0.4 is 9.80 Å². The predicted octanol–water partition coefficient (Wildman–Crippen LogP) is 12.3. The largest absolute Gasteiger partial charge is 0.325 e. The minimum absolute atomic E-state index is 0. The van der Waals surface area contributed by atoms with Crippen molar-refractivity contribution in [3.05, 3.63) is 92.3 Å². The molecule has 256 valence electrons. The summed E-state index contributed by atoms with van der Waals surface area (Å²) in [7, 11) is -0.442. The Morgan fingerprint density at radius 1 is 0.745 bits per heavy atom. The molecule has 0 radical (unpaired) electrons. The average Bonchev–Trinajstić information content (AvgIpc) is 3.76. The fourth-order valence-corrected chi connectivity index (χ4v) is 15.8. The first kappa shape index (κ1) is 37.2. The molecule has 3 saturated carbocycles. The van der Waals surface area contributed by atoms with Crippen LogP contribution in [0.1, 0.15) is 105 Å². The van der Waals surface area contributed by atoms with Gasteiger partial charge in [0, 0.05) is 49.5 Å². The third kappa shape index (κ3) is 7.10. The van der Waals surface area contributed by atoms with Crippen molar-refractivity contribution in [1.29, 1.82) is 0 Å². The molecule has 2 aromatic rings. The molecule has 2 nitrogen and oxygen atoms in total. The number of nitrogens with zero attached hydrogens (tertiary/aromatic N) is 2. The van der Waals surface area contributed by atoms with Crippen molar-refractivity contribution in [3.8, 4) is 0 Å². The number of allylic oxidation sites excluding steroid dienone is 5. The van der Waals surface area contributed by atoms with Crippen LogP contribution in [0.15, 0.2) is 59.0 Å². The van der Waals surface area contributed by atoms with Crippen LogP contribution in [0, 0.1) is 41.5 Å². The van der Waals surface area contributed by atoms with Crippen molar-refractivity contribution in [2.24, 2.45) is 0 Å². The van der Waals surface area contributed by atoms with Crippen molar-refractivity contribution in [3.63, 3.8) is 0 Å². The van der Waals surface area contributed by atoms with Gasteiger partial charge in [-0.1, -0.05) is 86.7 Å². The number of hydrogen-bond donors (Lipinski definition) is 0. The van der Waals surface area contributed by atoms with E-state index in [1.807, 2.05) is 0 Å². The molecule has 0 bridgehead atoms. The van der Waals surface area contributed by atoms with E-state index in [0.717, 1.165) is 30.8 Å². The van der Waals surface area contributed by atoms with Gasteiger partial charge < -0.3 is 9.80 Å². The Balaban J connectivity index is 0.00000433. The molecule has 1 saturated heterocycles. The summed E-state index contributed by atoms with van der Waals surface area (Å²) in [6.45, 7) is 19.8. The van der Waals surface area contributed by atoms with E-state index in [4.69, 9.17) is 23.2 Å². The summed E-state index contributed by atoms with van der Waals surface area (Å²) in [5.74, 6) is 1.26. The maximum atomic E-state index is 8.34. The van der Waals surface area contributed by atoms with Crippen molar-refractivity contribution < 1.29 is 19.5 Å². The Kier molecular flexibility index (Phi) is 11.9. The SMILES string of the molecule is CC(C)=CC=C1C(=C2N(c3c(C)cc(C)cc3C)CCN2c2c(C)cc(C)cc2C)C(Cl)CC1(Cl)P(C1CCCC1)C1CCCC1.[Ru]. The van der Waals surface area contributed by atoms with Gasteiger partial charge >= 0.3 is 0 Å². The second kappa shape index (κ2) is 15.0. The Hall–Kier alpha value is -1.11. The molecule has 4 fully saturated rings. The number of aryl methyl sites for hydroxylation is 6. The molecule has 3 aliphatic carbocycles. The van der Waals surface area contributed by atoms with Crippen molar-refractivity contribution in [2.75, 3.05) is 22.9 Å². The molecule has 0 N–H and O–H groups in total. The third-order valence-corrected chi connectivity index (χ3v) is 16.2. The van der Waals surface area contributed by atoms with Gasteiger partial charge in [0.05, 0.1) is 9.99 Å². The van der Waals surface area contributed by atoms with Crippen LogP contribution in [0.3, 0.4) is 0 Å². The molecule has 2 atom stereocenters. The Labute approximate surface area is 309 Å². The van der Waals surface area contributed by atoms with Crippen LogP contribution in [0.4, 0.5) is 11.4 Å². The van der Waals surface area contributed by atoms with Crippen molar-refractivity contribution >= 4 is 42.5 Å². The van der Waals surface area contributed by atoms with Gasteiger partial charge in [-0.15, -0.1) is 23.2 Å². The summed E-state index contributed by atoms with van der Waals surface area (Å²) in [5.41, 5.74) is 16.0. The number of halogens is 2. The quantitative estimate of drug-likeness (QED) is 0.164. The molecule has 1 aliphatic heterocycles. The number of benzene rings is 2. The zero-order valence-electron chi connectivity index (χ0n) is 29.9.